The van der Waals surface area contributed by atoms with E-state index >= 15 is 0 Å². The van der Waals surface area contributed by atoms with Gasteiger partial charge in [-0.1, -0.05) is 60.7 Å². The number of hydrogen-bond acceptors (Lipinski definition) is 5. The van der Waals surface area contributed by atoms with E-state index in [4.69, 9.17) is 9.72 Å². The smallest absolute Gasteiger partial charge is 0.229 e. The zero-order valence-electron chi connectivity index (χ0n) is 18.3. The molecule has 0 atom stereocenters. The Kier molecular flexibility index (Phi) is 7.45. The lowest BCUT2D eigenvalue weighted by Crippen LogP contribution is -2.30. The van der Waals surface area contributed by atoms with Gasteiger partial charge in [-0.25, -0.2) is 4.98 Å². The summed E-state index contributed by atoms with van der Waals surface area (Å²) in [5.41, 5.74) is 3.32. The number of carbonyl (C=O) groups is 1. The molecule has 0 fully saturated rings. The van der Waals surface area contributed by atoms with Crippen LogP contribution in [-0.4, -0.2) is 23.8 Å². The Morgan fingerprint density at radius 1 is 1.03 bits per heavy atom. The van der Waals surface area contributed by atoms with E-state index in [9.17, 15) is 4.79 Å². The number of thiazole rings is 1. The summed E-state index contributed by atoms with van der Waals surface area (Å²) in [4.78, 5) is 21.2. The maximum Gasteiger partial charge on any atom is 0.229 e. The number of hydrogen-bond donors (Lipinski definition) is 0. The van der Waals surface area contributed by atoms with Crippen LogP contribution in [0.4, 0.5) is 5.13 Å². The Bertz CT molecular complexity index is 1170. The molecule has 3 aromatic carbocycles. The molecule has 0 aliphatic heterocycles. The van der Waals surface area contributed by atoms with Gasteiger partial charge in [0.1, 0.15) is 5.75 Å². The maximum atomic E-state index is 13.3. The van der Waals surface area contributed by atoms with Gasteiger partial charge in [0.25, 0.3) is 0 Å². The lowest BCUT2D eigenvalue weighted by molar-refractivity contribution is -0.118. The highest BCUT2D eigenvalue weighted by Gasteiger charge is 2.20. The van der Waals surface area contributed by atoms with Crippen LogP contribution in [0.2, 0.25) is 0 Å². The molecule has 1 amide bonds. The largest absolute Gasteiger partial charge is 0.497 e. The van der Waals surface area contributed by atoms with Crippen molar-refractivity contribution in [2.45, 2.75) is 31.2 Å². The quantitative estimate of drug-likeness (QED) is 0.263. The number of anilines is 1. The molecule has 4 rings (SSSR count). The van der Waals surface area contributed by atoms with Gasteiger partial charge in [-0.05, 0) is 47.9 Å². The first-order valence-electron chi connectivity index (χ1n) is 10.7. The minimum atomic E-state index is 0.0898. The van der Waals surface area contributed by atoms with Gasteiger partial charge >= 0.3 is 0 Å². The lowest BCUT2D eigenvalue weighted by atomic mass is 10.1. The zero-order valence-corrected chi connectivity index (χ0v) is 19.9. The van der Waals surface area contributed by atoms with Crippen LogP contribution in [0.5, 0.6) is 5.75 Å². The van der Waals surface area contributed by atoms with Gasteiger partial charge in [0.15, 0.2) is 5.13 Å². The van der Waals surface area contributed by atoms with Crippen molar-refractivity contribution < 1.29 is 9.53 Å². The molecular weight excluding hydrogens is 436 g/mol. The standard InChI is InChI=1S/C26H26N2O2S2/c1-3-20-10-7-11-23-25(20)27-26(32-23)28(18-19-8-5-4-6-9-19)24(29)16-17-31-22-14-12-21(30-2)13-15-22/h4-15H,3,16-18H2,1-2H3. The minimum Gasteiger partial charge on any atom is -0.497 e. The molecule has 32 heavy (non-hydrogen) atoms. The van der Waals surface area contributed by atoms with Crippen molar-refractivity contribution in [2.75, 3.05) is 17.8 Å². The SMILES string of the molecule is CCc1cccc2sc(N(Cc3ccccc3)C(=O)CCSc3ccc(OC)cc3)nc12. The number of aryl methyl sites for hydroxylation is 1. The summed E-state index contributed by atoms with van der Waals surface area (Å²) >= 11 is 3.27. The molecule has 0 unspecified atom stereocenters. The average molecular weight is 463 g/mol. The highest BCUT2D eigenvalue weighted by atomic mass is 32.2. The monoisotopic (exact) mass is 462 g/mol. The number of nitrogens with zero attached hydrogens (tertiary/aromatic N) is 2. The number of rotatable bonds is 9. The van der Waals surface area contributed by atoms with Crippen molar-refractivity contribution >= 4 is 44.4 Å². The number of methoxy groups -OCH3 is 1. The second-order valence-electron chi connectivity index (χ2n) is 7.35. The topological polar surface area (TPSA) is 42.4 Å². The van der Waals surface area contributed by atoms with E-state index < -0.39 is 0 Å². The summed E-state index contributed by atoms with van der Waals surface area (Å²) in [5, 5.41) is 0.768. The molecule has 4 nitrogen and oxygen atoms in total. The number of aromatic nitrogens is 1. The number of fused-ring (bicyclic) bond motifs is 1. The lowest BCUT2D eigenvalue weighted by Gasteiger charge is -2.20. The normalized spacial score (nSPS) is 10.9. The van der Waals surface area contributed by atoms with Crippen LogP contribution >= 0.6 is 23.1 Å². The van der Waals surface area contributed by atoms with Crippen LogP contribution in [0.1, 0.15) is 24.5 Å². The van der Waals surface area contributed by atoms with Crippen LogP contribution in [0.3, 0.4) is 0 Å². The van der Waals surface area contributed by atoms with E-state index in [1.807, 2.05) is 47.4 Å². The molecule has 0 bridgehead atoms. The van der Waals surface area contributed by atoms with Crippen molar-refractivity contribution in [1.82, 2.24) is 4.98 Å². The first-order chi connectivity index (χ1) is 15.7. The summed E-state index contributed by atoms with van der Waals surface area (Å²) in [6, 6.07) is 24.3. The Labute approximate surface area is 197 Å². The third-order valence-corrected chi connectivity index (χ3v) is 7.29. The van der Waals surface area contributed by atoms with Crippen LogP contribution < -0.4 is 9.64 Å². The summed E-state index contributed by atoms with van der Waals surface area (Å²) in [7, 11) is 1.66. The van der Waals surface area contributed by atoms with E-state index in [0.29, 0.717) is 18.7 Å². The predicted molar refractivity (Wildman–Crippen MR) is 135 cm³/mol. The highest BCUT2D eigenvalue weighted by Crippen LogP contribution is 2.32. The third-order valence-electron chi connectivity index (χ3n) is 5.23. The van der Waals surface area contributed by atoms with Gasteiger partial charge in [0.2, 0.25) is 5.91 Å². The Hall–Kier alpha value is -2.83. The molecule has 0 spiro atoms. The molecule has 4 aromatic rings. The minimum absolute atomic E-state index is 0.0898. The Balaban J connectivity index is 1.52. The Morgan fingerprint density at radius 3 is 2.53 bits per heavy atom. The van der Waals surface area contributed by atoms with Crippen molar-refractivity contribution in [3.05, 3.63) is 83.9 Å². The van der Waals surface area contributed by atoms with Crippen LogP contribution in [0.15, 0.2) is 77.7 Å². The molecule has 0 N–H and O–H groups in total. The number of ether oxygens (including phenoxy) is 1. The molecule has 0 aliphatic carbocycles. The van der Waals surface area contributed by atoms with Crippen molar-refractivity contribution in [3.63, 3.8) is 0 Å². The summed E-state index contributed by atoms with van der Waals surface area (Å²) in [6.07, 6.45) is 1.37. The fourth-order valence-electron chi connectivity index (χ4n) is 3.49. The molecule has 0 aliphatic rings. The molecule has 0 radical (unpaired) electrons. The molecular formula is C26H26N2O2S2. The Morgan fingerprint density at radius 2 is 1.81 bits per heavy atom. The molecule has 164 valence electrons. The van der Waals surface area contributed by atoms with Gasteiger partial charge in [-0.2, -0.15) is 0 Å². The number of benzene rings is 3. The fraction of sp³-hybridized carbons (Fsp3) is 0.231. The van der Waals surface area contributed by atoms with Crippen molar-refractivity contribution in [3.8, 4) is 5.75 Å². The molecule has 6 heteroatoms. The summed E-state index contributed by atoms with van der Waals surface area (Å²) in [5.74, 6) is 1.63. The molecule has 0 saturated carbocycles. The van der Waals surface area contributed by atoms with Gasteiger partial charge in [0, 0.05) is 17.1 Å². The summed E-state index contributed by atoms with van der Waals surface area (Å²) in [6.45, 7) is 2.66. The van der Waals surface area contributed by atoms with E-state index in [1.54, 1.807) is 30.2 Å². The number of amides is 1. The molecule has 0 saturated heterocycles. The third kappa shape index (κ3) is 5.31. The van der Waals surface area contributed by atoms with E-state index in [0.717, 1.165) is 38.0 Å². The van der Waals surface area contributed by atoms with E-state index in [-0.39, 0.29) is 5.91 Å². The van der Waals surface area contributed by atoms with Crippen LogP contribution in [0.25, 0.3) is 10.2 Å². The highest BCUT2D eigenvalue weighted by molar-refractivity contribution is 7.99. The maximum absolute atomic E-state index is 13.3. The number of para-hydroxylation sites is 1. The van der Waals surface area contributed by atoms with Gasteiger partial charge in [-0.15, -0.1) is 11.8 Å². The first kappa shape index (κ1) is 22.4. The zero-order chi connectivity index (χ0) is 22.3. The number of carbonyl (C=O) groups excluding carboxylic acids is 1. The summed E-state index contributed by atoms with van der Waals surface area (Å²) < 4.78 is 6.34. The average Bonchev–Trinajstić information content (AvgIpc) is 3.27. The molecule has 1 heterocycles. The van der Waals surface area contributed by atoms with E-state index in [2.05, 4.69) is 37.3 Å². The number of thioether (sulfide) groups is 1. The van der Waals surface area contributed by atoms with E-state index in [1.165, 1.54) is 5.56 Å². The van der Waals surface area contributed by atoms with Gasteiger partial charge < -0.3 is 4.74 Å². The van der Waals surface area contributed by atoms with Gasteiger partial charge in [0.05, 0.1) is 23.9 Å². The van der Waals surface area contributed by atoms with Crippen molar-refractivity contribution in [2.24, 2.45) is 0 Å². The first-order valence-corrected chi connectivity index (χ1v) is 12.5. The van der Waals surface area contributed by atoms with Crippen molar-refractivity contribution in [1.29, 1.82) is 0 Å². The van der Waals surface area contributed by atoms with Crippen LogP contribution in [-0.2, 0) is 17.8 Å². The molecule has 1 aromatic heterocycles. The van der Waals surface area contributed by atoms with Gasteiger partial charge in [-0.3, -0.25) is 9.69 Å². The second-order valence-corrected chi connectivity index (χ2v) is 9.53. The second kappa shape index (κ2) is 10.7. The predicted octanol–water partition coefficient (Wildman–Crippen LogP) is 6.58. The fourth-order valence-corrected chi connectivity index (χ4v) is 5.36. The van der Waals surface area contributed by atoms with Crippen LogP contribution in [0, 0.1) is 0 Å².